The van der Waals surface area contributed by atoms with Crippen LogP contribution in [0.25, 0.3) is 0 Å². The van der Waals surface area contributed by atoms with Crippen LogP contribution in [-0.4, -0.2) is 50.1 Å². The highest BCUT2D eigenvalue weighted by molar-refractivity contribution is 7.89. The first kappa shape index (κ1) is 16.0. The van der Waals surface area contributed by atoms with Crippen LogP contribution in [0.3, 0.4) is 0 Å². The van der Waals surface area contributed by atoms with E-state index in [-0.39, 0.29) is 5.16 Å². The number of rotatable bonds is 9. The minimum atomic E-state index is -3.89. The van der Waals surface area contributed by atoms with E-state index >= 15 is 0 Å². The molecule has 0 aliphatic heterocycles. The molecule has 2 N–H and O–H groups in total. The van der Waals surface area contributed by atoms with Crippen molar-refractivity contribution in [2.75, 3.05) is 26.9 Å². The molecule has 1 rings (SSSR count). The molecule has 9 heteroatoms. The fourth-order valence-electron chi connectivity index (χ4n) is 1.53. The topological polar surface area (TPSA) is 109 Å². The van der Waals surface area contributed by atoms with Crippen molar-refractivity contribution >= 4 is 10.0 Å². The number of nitrogens with zero attached hydrogens (tertiary/aromatic N) is 3. The van der Waals surface area contributed by atoms with Gasteiger partial charge in [0, 0.05) is 26.7 Å². The highest BCUT2D eigenvalue weighted by atomic mass is 32.2. The van der Waals surface area contributed by atoms with Crippen LogP contribution in [0.2, 0.25) is 0 Å². The molecule has 110 valence electrons. The Morgan fingerprint density at radius 3 is 2.58 bits per heavy atom. The number of hydrogen-bond acceptors (Lipinski definition) is 6. The normalized spacial score (nSPS) is 11.9. The Morgan fingerprint density at radius 1 is 1.26 bits per heavy atom. The van der Waals surface area contributed by atoms with Gasteiger partial charge in [-0.3, -0.25) is 4.57 Å². The van der Waals surface area contributed by atoms with Gasteiger partial charge in [0.2, 0.25) is 0 Å². The molecule has 0 amide bonds. The minimum Gasteiger partial charge on any atom is -0.383 e. The lowest BCUT2D eigenvalue weighted by Crippen LogP contribution is -2.21. The largest absolute Gasteiger partial charge is 0.383 e. The molecule has 0 spiro atoms. The molecule has 1 aromatic heterocycles. The Labute approximate surface area is 113 Å². The summed E-state index contributed by atoms with van der Waals surface area (Å²) in [5.41, 5.74) is 0. The van der Waals surface area contributed by atoms with E-state index in [4.69, 9.17) is 14.6 Å². The van der Waals surface area contributed by atoms with Gasteiger partial charge in [-0.25, -0.2) is 13.6 Å². The van der Waals surface area contributed by atoms with Gasteiger partial charge >= 0.3 is 0 Å². The molecule has 0 saturated heterocycles. The molecule has 0 aliphatic carbocycles. The van der Waals surface area contributed by atoms with Gasteiger partial charge in [-0.05, 0) is 6.42 Å². The van der Waals surface area contributed by atoms with Crippen molar-refractivity contribution in [3.63, 3.8) is 0 Å². The molecule has 19 heavy (non-hydrogen) atoms. The van der Waals surface area contributed by atoms with Crippen LogP contribution in [0.4, 0.5) is 0 Å². The van der Waals surface area contributed by atoms with Crippen LogP contribution in [0, 0.1) is 0 Å². The lowest BCUT2D eigenvalue weighted by molar-refractivity contribution is 0.135. The van der Waals surface area contributed by atoms with E-state index in [1.165, 1.54) is 11.7 Å². The standard InChI is InChI=1S/C10H20N4O4S/c1-3-6-18-7-4-9-12-13-10(19(11,15)16)14(9)5-8-17-2/h3-8H2,1-2H3,(H2,11,15,16). The van der Waals surface area contributed by atoms with E-state index in [0.717, 1.165) is 6.42 Å². The van der Waals surface area contributed by atoms with Crippen LogP contribution in [0.1, 0.15) is 19.2 Å². The molecule has 0 fully saturated rings. The van der Waals surface area contributed by atoms with Gasteiger partial charge in [0.05, 0.1) is 13.2 Å². The Hall–Kier alpha value is -1.03. The zero-order chi connectivity index (χ0) is 14.3. The third-order valence-electron chi connectivity index (χ3n) is 2.39. The number of nitrogens with two attached hydrogens (primary N) is 1. The number of primary sulfonamides is 1. The number of sulfonamides is 1. The van der Waals surface area contributed by atoms with Crippen LogP contribution in [0.15, 0.2) is 5.16 Å². The van der Waals surface area contributed by atoms with Gasteiger partial charge in [-0.2, -0.15) is 0 Å². The highest BCUT2D eigenvalue weighted by Crippen LogP contribution is 2.08. The summed E-state index contributed by atoms with van der Waals surface area (Å²) in [6, 6.07) is 0. The van der Waals surface area contributed by atoms with Crippen molar-refractivity contribution < 1.29 is 17.9 Å². The van der Waals surface area contributed by atoms with Crippen molar-refractivity contribution in [3.8, 4) is 0 Å². The quantitative estimate of drug-likeness (QED) is 0.617. The van der Waals surface area contributed by atoms with Crippen molar-refractivity contribution in [1.29, 1.82) is 0 Å². The van der Waals surface area contributed by atoms with Crippen LogP contribution >= 0.6 is 0 Å². The lowest BCUT2D eigenvalue weighted by atomic mass is 10.4. The van der Waals surface area contributed by atoms with E-state index < -0.39 is 10.0 Å². The van der Waals surface area contributed by atoms with E-state index in [0.29, 0.717) is 38.6 Å². The zero-order valence-corrected chi connectivity index (χ0v) is 12.0. The predicted octanol–water partition coefficient (Wildman–Crippen LogP) is -0.459. The first-order valence-electron chi connectivity index (χ1n) is 6.02. The smallest absolute Gasteiger partial charge is 0.273 e. The van der Waals surface area contributed by atoms with Crippen LogP contribution in [0.5, 0.6) is 0 Å². The van der Waals surface area contributed by atoms with E-state index in [9.17, 15) is 8.42 Å². The molecule has 0 aromatic carbocycles. The SMILES string of the molecule is CCCOCCc1nnc(S(N)(=O)=O)n1CCOC. The minimum absolute atomic E-state index is 0.241. The third-order valence-corrected chi connectivity index (χ3v) is 3.20. The van der Waals surface area contributed by atoms with Gasteiger partial charge in [0.25, 0.3) is 15.2 Å². The second-order valence-electron chi connectivity index (χ2n) is 3.95. The molecule has 1 aromatic rings. The van der Waals surface area contributed by atoms with Crippen LogP contribution in [-0.2, 0) is 32.5 Å². The van der Waals surface area contributed by atoms with Crippen molar-refractivity contribution in [3.05, 3.63) is 5.82 Å². The number of aromatic nitrogens is 3. The Balaban J connectivity index is 2.82. The van der Waals surface area contributed by atoms with Gasteiger partial charge in [0.1, 0.15) is 5.82 Å². The molecule has 0 saturated carbocycles. The Morgan fingerprint density at radius 2 is 2.00 bits per heavy atom. The second kappa shape index (κ2) is 7.53. The molecular formula is C10H20N4O4S. The second-order valence-corrected chi connectivity index (χ2v) is 5.41. The molecule has 0 atom stereocenters. The highest BCUT2D eigenvalue weighted by Gasteiger charge is 2.20. The first-order valence-corrected chi connectivity index (χ1v) is 7.57. The molecule has 0 aliphatic rings. The van der Waals surface area contributed by atoms with Gasteiger partial charge in [-0.15, -0.1) is 10.2 Å². The summed E-state index contributed by atoms with van der Waals surface area (Å²) in [6.45, 7) is 3.82. The molecule has 1 heterocycles. The third kappa shape index (κ3) is 4.86. The van der Waals surface area contributed by atoms with E-state index in [2.05, 4.69) is 10.2 Å². The monoisotopic (exact) mass is 292 g/mol. The summed E-state index contributed by atoms with van der Waals surface area (Å²) in [4.78, 5) is 0. The summed E-state index contributed by atoms with van der Waals surface area (Å²) in [5, 5.41) is 12.3. The van der Waals surface area contributed by atoms with Gasteiger partial charge in [-0.1, -0.05) is 6.92 Å². The number of hydrogen-bond donors (Lipinski definition) is 1. The summed E-state index contributed by atoms with van der Waals surface area (Å²) < 4.78 is 34.5. The van der Waals surface area contributed by atoms with Gasteiger partial charge < -0.3 is 9.47 Å². The van der Waals surface area contributed by atoms with Crippen molar-refractivity contribution in [2.24, 2.45) is 5.14 Å². The zero-order valence-electron chi connectivity index (χ0n) is 11.2. The molecular weight excluding hydrogens is 272 g/mol. The maximum Gasteiger partial charge on any atom is 0.273 e. The Bertz CT molecular complexity index is 486. The fraction of sp³-hybridized carbons (Fsp3) is 0.800. The average molecular weight is 292 g/mol. The summed E-state index contributed by atoms with van der Waals surface area (Å²) >= 11 is 0. The van der Waals surface area contributed by atoms with Crippen molar-refractivity contribution in [2.45, 2.75) is 31.5 Å². The average Bonchev–Trinajstić information content (AvgIpc) is 2.75. The maximum absolute atomic E-state index is 11.4. The summed E-state index contributed by atoms with van der Waals surface area (Å²) in [7, 11) is -2.35. The fourth-order valence-corrected chi connectivity index (χ4v) is 2.19. The lowest BCUT2D eigenvalue weighted by Gasteiger charge is -2.08. The Kier molecular flexibility index (Phi) is 6.35. The maximum atomic E-state index is 11.4. The molecule has 0 unspecified atom stereocenters. The van der Waals surface area contributed by atoms with Crippen LogP contribution < -0.4 is 5.14 Å². The van der Waals surface area contributed by atoms with Gasteiger partial charge in [0.15, 0.2) is 0 Å². The molecule has 0 bridgehead atoms. The number of ether oxygens (including phenoxy) is 2. The summed E-state index contributed by atoms with van der Waals surface area (Å²) in [6.07, 6.45) is 1.41. The van der Waals surface area contributed by atoms with E-state index in [1.807, 2.05) is 6.92 Å². The van der Waals surface area contributed by atoms with E-state index in [1.54, 1.807) is 0 Å². The first-order chi connectivity index (χ1) is 9.00. The molecule has 8 nitrogen and oxygen atoms in total. The predicted molar refractivity (Wildman–Crippen MR) is 68.1 cm³/mol. The number of methoxy groups -OCH3 is 1. The van der Waals surface area contributed by atoms with Crippen molar-refractivity contribution in [1.82, 2.24) is 14.8 Å². The molecule has 0 radical (unpaired) electrons. The summed E-state index contributed by atoms with van der Waals surface area (Å²) in [5.74, 6) is 0.525.